The van der Waals surface area contributed by atoms with Crippen LogP contribution in [0.25, 0.3) is 5.82 Å². The first kappa shape index (κ1) is 10.7. The van der Waals surface area contributed by atoms with E-state index in [2.05, 4.69) is 22.0 Å². The monoisotopic (exact) mass is 248 g/mol. The van der Waals surface area contributed by atoms with Gasteiger partial charge >= 0.3 is 0 Å². The van der Waals surface area contributed by atoms with Gasteiger partial charge in [-0.2, -0.15) is 5.10 Å². The van der Waals surface area contributed by atoms with Gasteiger partial charge in [0.05, 0.1) is 5.69 Å². The Hall–Kier alpha value is -1.42. The third kappa shape index (κ3) is 1.72. The fraction of sp³-hybridized carbons (Fsp3) is 0.417. The van der Waals surface area contributed by atoms with E-state index in [1.165, 1.54) is 24.1 Å². The molecule has 0 atom stereocenters. The maximum Gasteiger partial charge on any atom is 0.191 e. The first-order valence-electron chi connectivity index (χ1n) is 5.81. The van der Waals surface area contributed by atoms with Crippen LogP contribution in [0.5, 0.6) is 0 Å². The molecule has 17 heavy (non-hydrogen) atoms. The van der Waals surface area contributed by atoms with Crippen LogP contribution in [-0.4, -0.2) is 19.7 Å². The van der Waals surface area contributed by atoms with Crippen LogP contribution in [0, 0.1) is 6.92 Å². The third-order valence-electron chi connectivity index (χ3n) is 3.25. The zero-order valence-electron chi connectivity index (χ0n) is 9.65. The highest BCUT2D eigenvalue weighted by Crippen LogP contribution is 2.26. The van der Waals surface area contributed by atoms with Crippen LogP contribution in [0.3, 0.4) is 0 Å². The molecule has 88 valence electrons. The number of hydrogen-bond acceptors (Lipinski definition) is 3. The summed E-state index contributed by atoms with van der Waals surface area (Å²) in [6.45, 7) is 2.07. The van der Waals surface area contributed by atoms with E-state index in [0.29, 0.717) is 11.0 Å². The van der Waals surface area contributed by atoms with Crippen LogP contribution >= 0.6 is 11.6 Å². The van der Waals surface area contributed by atoms with Crippen LogP contribution in [0.15, 0.2) is 12.4 Å². The molecule has 3 rings (SSSR count). The van der Waals surface area contributed by atoms with Gasteiger partial charge in [0, 0.05) is 18.1 Å². The molecule has 0 fully saturated rings. The minimum atomic E-state index is 0.399. The molecule has 0 amide bonds. The number of nitrogens with zero attached hydrogens (tertiary/aromatic N) is 4. The molecule has 0 aliphatic heterocycles. The first-order valence-corrected chi connectivity index (χ1v) is 6.19. The van der Waals surface area contributed by atoms with Gasteiger partial charge in [-0.15, -0.1) is 0 Å². The zero-order chi connectivity index (χ0) is 11.8. The molecule has 4 nitrogen and oxygen atoms in total. The van der Waals surface area contributed by atoms with Gasteiger partial charge in [-0.05, 0) is 38.2 Å². The lowest BCUT2D eigenvalue weighted by atomic mass is 9.96. The van der Waals surface area contributed by atoms with Crippen LogP contribution in [0.2, 0.25) is 5.15 Å². The molecule has 2 aromatic rings. The van der Waals surface area contributed by atoms with Gasteiger partial charge in [-0.1, -0.05) is 11.6 Å². The summed E-state index contributed by atoms with van der Waals surface area (Å²) < 4.78 is 1.82. The van der Waals surface area contributed by atoms with Crippen molar-refractivity contribution >= 4 is 11.6 Å². The summed E-state index contributed by atoms with van der Waals surface area (Å²) in [6.07, 6.45) is 7.86. The first-order chi connectivity index (χ1) is 8.27. The van der Waals surface area contributed by atoms with E-state index in [-0.39, 0.29) is 0 Å². The molecular formula is C12H13ClN4. The number of hydrogen-bond donors (Lipinski definition) is 0. The maximum atomic E-state index is 6.06. The molecule has 1 aliphatic rings. The smallest absolute Gasteiger partial charge is 0.191 e. The van der Waals surface area contributed by atoms with E-state index >= 15 is 0 Å². The molecule has 0 saturated heterocycles. The fourth-order valence-electron chi connectivity index (χ4n) is 2.38. The van der Waals surface area contributed by atoms with Gasteiger partial charge in [0.15, 0.2) is 11.0 Å². The predicted octanol–water partition coefficient (Wildman–Crippen LogP) is 2.50. The van der Waals surface area contributed by atoms with Crippen LogP contribution in [0.1, 0.15) is 29.8 Å². The van der Waals surface area contributed by atoms with E-state index in [1.807, 2.05) is 4.68 Å². The highest BCUT2D eigenvalue weighted by atomic mass is 35.5. The second kappa shape index (κ2) is 4.11. The van der Waals surface area contributed by atoms with E-state index in [4.69, 9.17) is 11.6 Å². The Morgan fingerprint density at radius 3 is 2.71 bits per heavy atom. The molecule has 0 saturated carbocycles. The molecule has 0 N–H and O–H groups in total. The topological polar surface area (TPSA) is 43.6 Å². The second-order valence-corrected chi connectivity index (χ2v) is 4.66. The lowest BCUT2D eigenvalue weighted by Crippen LogP contribution is -2.03. The van der Waals surface area contributed by atoms with Gasteiger partial charge in [0.2, 0.25) is 0 Å². The highest BCUT2D eigenvalue weighted by Gasteiger charge is 2.20. The third-order valence-corrected chi connectivity index (χ3v) is 3.52. The van der Waals surface area contributed by atoms with Gasteiger partial charge in [0.1, 0.15) is 0 Å². The molecule has 5 heteroatoms. The van der Waals surface area contributed by atoms with Crippen molar-refractivity contribution in [2.24, 2.45) is 0 Å². The average molecular weight is 249 g/mol. The number of aromatic nitrogens is 4. The summed E-state index contributed by atoms with van der Waals surface area (Å²) in [5.41, 5.74) is 3.69. The summed E-state index contributed by atoms with van der Waals surface area (Å²) in [5, 5.41) is 5.01. The second-order valence-electron chi connectivity index (χ2n) is 4.30. The number of aryl methyl sites for hydroxylation is 1. The van der Waals surface area contributed by atoms with Crippen molar-refractivity contribution in [3.8, 4) is 5.82 Å². The van der Waals surface area contributed by atoms with Gasteiger partial charge < -0.3 is 0 Å². The lowest BCUT2D eigenvalue weighted by Gasteiger charge is -2.08. The Kier molecular flexibility index (Phi) is 2.59. The Morgan fingerprint density at radius 1 is 1.18 bits per heavy atom. The minimum Gasteiger partial charge on any atom is -0.239 e. The molecule has 0 bridgehead atoms. The Morgan fingerprint density at radius 2 is 1.94 bits per heavy atom. The maximum absolute atomic E-state index is 6.06. The SMILES string of the molecule is Cc1c2c(nn1-c1nccnc1Cl)CCCC2. The van der Waals surface area contributed by atoms with E-state index in [0.717, 1.165) is 18.5 Å². The van der Waals surface area contributed by atoms with Crippen LogP contribution in [-0.2, 0) is 12.8 Å². The van der Waals surface area contributed by atoms with Crippen molar-refractivity contribution in [1.29, 1.82) is 0 Å². The number of rotatable bonds is 1. The Bertz CT molecular complexity index is 562. The van der Waals surface area contributed by atoms with Gasteiger partial charge in [-0.3, -0.25) is 0 Å². The molecule has 0 radical (unpaired) electrons. The van der Waals surface area contributed by atoms with E-state index < -0.39 is 0 Å². The van der Waals surface area contributed by atoms with Crippen molar-refractivity contribution in [3.63, 3.8) is 0 Å². The van der Waals surface area contributed by atoms with E-state index in [1.54, 1.807) is 12.4 Å². The fourth-order valence-corrected chi connectivity index (χ4v) is 2.56. The van der Waals surface area contributed by atoms with Gasteiger partial charge in [-0.25, -0.2) is 14.6 Å². The highest BCUT2D eigenvalue weighted by molar-refractivity contribution is 6.30. The molecule has 2 heterocycles. The summed E-state index contributed by atoms with van der Waals surface area (Å²) in [6, 6.07) is 0. The molecule has 2 aromatic heterocycles. The molecule has 0 spiro atoms. The lowest BCUT2D eigenvalue weighted by molar-refractivity contribution is 0.670. The summed E-state index contributed by atoms with van der Waals surface area (Å²) >= 11 is 6.06. The summed E-state index contributed by atoms with van der Waals surface area (Å²) in [5.74, 6) is 0.626. The average Bonchev–Trinajstić information content (AvgIpc) is 2.68. The zero-order valence-corrected chi connectivity index (χ0v) is 10.4. The predicted molar refractivity (Wildman–Crippen MR) is 65.5 cm³/mol. The minimum absolute atomic E-state index is 0.399. The molecule has 1 aliphatic carbocycles. The standard InChI is InChI=1S/C12H13ClN4/c1-8-9-4-2-3-5-10(9)16-17(8)12-11(13)14-6-7-15-12/h6-7H,2-5H2,1H3. The summed E-state index contributed by atoms with van der Waals surface area (Å²) in [7, 11) is 0. The van der Waals surface area contributed by atoms with Crippen molar-refractivity contribution in [2.45, 2.75) is 32.6 Å². The number of halogens is 1. The summed E-state index contributed by atoms with van der Waals surface area (Å²) in [4.78, 5) is 8.30. The number of fused-ring (bicyclic) bond motifs is 1. The largest absolute Gasteiger partial charge is 0.239 e. The van der Waals surface area contributed by atoms with Crippen LogP contribution < -0.4 is 0 Å². The van der Waals surface area contributed by atoms with Crippen molar-refractivity contribution in [2.75, 3.05) is 0 Å². The molecular weight excluding hydrogens is 236 g/mol. The van der Waals surface area contributed by atoms with Crippen molar-refractivity contribution in [1.82, 2.24) is 19.7 Å². The molecule has 0 unspecified atom stereocenters. The van der Waals surface area contributed by atoms with E-state index in [9.17, 15) is 0 Å². The normalized spacial score (nSPS) is 14.7. The molecule has 0 aromatic carbocycles. The van der Waals surface area contributed by atoms with Crippen molar-refractivity contribution in [3.05, 3.63) is 34.5 Å². The Balaban J connectivity index is 2.16. The van der Waals surface area contributed by atoms with Crippen molar-refractivity contribution < 1.29 is 0 Å². The quantitative estimate of drug-likeness (QED) is 0.779. The van der Waals surface area contributed by atoms with Crippen LogP contribution in [0.4, 0.5) is 0 Å². The Labute approximate surface area is 105 Å². The van der Waals surface area contributed by atoms with Gasteiger partial charge in [0.25, 0.3) is 0 Å².